The molecular formula is C21H17BrClN3OS. The van der Waals surface area contributed by atoms with E-state index in [4.69, 9.17) is 11.6 Å². The fraction of sp³-hybridized carbons (Fsp3) is 0.143. The van der Waals surface area contributed by atoms with E-state index in [1.807, 2.05) is 47.8 Å². The number of nitrogens with zero attached hydrogens (tertiary/aromatic N) is 1. The minimum Gasteiger partial charge on any atom is -0.309 e. The van der Waals surface area contributed by atoms with Crippen LogP contribution < -0.4 is 10.9 Å². The van der Waals surface area contributed by atoms with Gasteiger partial charge in [0.1, 0.15) is 10.7 Å². The van der Waals surface area contributed by atoms with Crippen LogP contribution in [0.15, 0.2) is 63.2 Å². The highest BCUT2D eigenvalue weighted by Crippen LogP contribution is 2.34. The number of benzene rings is 2. The molecule has 4 aromatic rings. The van der Waals surface area contributed by atoms with E-state index in [1.54, 1.807) is 0 Å². The Balaban J connectivity index is 1.62. The Bertz CT molecular complexity index is 1200. The molecule has 28 heavy (non-hydrogen) atoms. The van der Waals surface area contributed by atoms with Crippen LogP contribution in [0.25, 0.3) is 21.3 Å². The van der Waals surface area contributed by atoms with Gasteiger partial charge in [0.15, 0.2) is 0 Å². The Kier molecular flexibility index (Phi) is 5.64. The van der Waals surface area contributed by atoms with Gasteiger partial charge in [-0.15, -0.1) is 11.3 Å². The van der Waals surface area contributed by atoms with Crippen molar-refractivity contribution in [1.29, 1.82) is 0 Å². The van der Waals surface area contributed by atoms with Crippen LogP contribution in [0.3, 0.4) is 0 Å². The minimum atomic E-state index is -0.147. The van der Waals surface area contributed by atoms with Crippen molar-refractivity contribution < 1.29 is 0 Å². The Morgan fingerprint density at radius 1 is 1.18 bits per heavy atom. The Hall–Kier alpha value is -1.99. The van der Waals surface area contributed by atoms with Crippen LogP contribution >= 0.6 is 38.9 Å². The van der Waals surface area contributed by atoms with E-state index in [1.165, 1.54) is 11.3 Å². The van der Waals surface area contributed by atoms with Gasteiger partial charge in [-0.25, -0.2) is 4.98 Å². The summed E-state index contributed by atoms with van der Waals surface area (Å²) < 4.78 is 1.05. The lowest BCUT2D eigenvalue weighted by atomic mass is 10.1. The molecule has 7 heteroatoms. The van der Waals surface area contributed by atoms with Crippen molar-refractivity contribution >= 4 is 49.1 Å². The third-order valence-electron chi connectivity index (χ3n) is 4.60. The molecule has 0 aliphatic carbocycles. The molecule has 0 aliphatic rings. The maximum atomic E-state index is 12.8. The summed E-state index contributed by atoms with van der Waals surface area (Å²) in [6.45, 7) is 2.55. The van der Waals surface area contributed by atoms with E-state index >= 15 is 0 Å². The van der Waals surface area contributed by atoms with Gasteiger partial charge in [0.2, 0.25) is 0 Å². The van der Waals surface area contributed by atoms with Crippen molar-refractivity contribution in [2.75, 3.05) is 0 Å². The van der Waals surface area contributed by atoms with Crippen LogP contribution in [0.4, 0.5) is 0 Å². The lowest BCUT2D eigenvalue weighted by molar-refractivity contribution is 0.558. The number of fused-ring (bicyclic) bond motifs is 1. The van der Waals surface area contributed by atoms with Crippen LogP contribution in [-0.2, 0) is 6.54 Å². The normalized spacial score (nSPS) is 12.4. The van der Waals surface area contributed by atoms with Gasteiger partial charge in [-0.3, -0.25) is 4.79 Å². The second-order valence-corrected chi connectivity index (χ2v) is 8.57. The Morgan fingerprint density at radius 2 is 1.93 bits per heavy atom. The molecule has 1 atom stereocenters. The summed E-state index contributed by atoms with van der Waals surface area (Å²) in [5.74, 6) is 0.615. The topological polar surface area (TPSA) is 57.8 Å². The highest BCUT2D eigenvalue weighted by Gasteiger charge is 2.15. The number of hydrogen-bond donors (Lipinski definition) is 2. The van der Waals surface area contributed by atoms with Crippen molar-refractivity contribution in [3.8, 4) is 11.1 Å². The van der Waals surface area contributed by atoms with Gasteiger partial charge in [0, 0.05) is 32.0 Å². The summed E-state index contributed by atoms with van der Waals surface area (Å²) >= 11 is 11.3. The first-order valence-corrected chi connectivity index (χ1v) is 10.8. The molecule has 0 aliphatic heterocycles. The van der Waals surface area contributed by atoms with Gasteiger partial charge >= 0.3 is 0 Å². The van der Waals surface area contributed by atoms with Gasteiger partial charge in [0.05, 0.1) is 11.9 Å². The van der Waals surface area contributed by atoms with Crippen molar-refractivity contribution in [3.63, 3.8) is 0 Å². The molecule has 0 fully saturated rings. The molecule has 4 rings (SSSR count). The number of rotatable bonds is 5. The first-order chi connectivity index (χ1) is 13.5. The van der Waals surface area contributed by atoms with Gasteiger partial charge in [-0.05, 0) is 24.6 Å². The highest BCUT2D eigenvalue weighted by atomic mass is 79.9. The van der Waals surface area contributed by atoms with E-state index in [0.29, 0.717) is 27.6 Å². The maximum absolute atomic E-state index is 12.8. The molecule has 4 nitrogen and oxygen atoms in total. The third-order valence-corrected chi connectivity index (χ3v) is 6.53. The number of thiophene rings is 1. The van der Waals surface area contributed by atoms with Crippen LogP contribution in [0.1, 0.15) is 24.4 Å². The monoisotopic (exact) mass is 473 g/mol. The van der Waals surface area contributed by atoms with E-state index in [0.717, 1.165) is 21.2 Å². The quantitative estimate of drug-likeness (QED) is 0.377. The number of H-pyrrole nitrogens is 1. The van der Waals surface area contributed by atoms with E-state index in [9.17, 15) is 4.79 Å². The number of halogens is 2. The lowest BCUT2D eigenvalue weighted by Crippen LogP contribution is -2.22. The van der Waals surface area contributed by atoms with Crippen molar-refractivity contribution in [2.45, 2.75) is 19.5 Å². The zero-order valence-electron chi connectivity index (χ0n) is 15.0. The minimum absolute atomic E-state index is 0.110. The number of aromatic nitrogens is 2. The van der Waals surface area contributed by atoms with Crippen molar-refractivity contribution in [1.82, 2.24) is 15.3 Å². The molecule has 0 spiro atoms. The average molecular weight is 475 g/mol. The Labute approximate surface area is 179 Å². The summed E-state index contributed by atoms with van der Waals surface area (Å²) in [4.78, 5) is 21.0. The molecule has 0 bridgehead atoms. The maximum Gasteiger partial charge on any atom is 0.260 e. The van der Waals surface area contributed by atoms with Crippen LogP contribution in [0.5, 0.6) is 0 Å². The summed E-state index contributed by atoms with van der Waals surface area (Å²) in [7, 11) is 0. The zero-order valence-corrected chi connectivity index (χ0v) is 18.2. The second kappa shape index (κ2) is 8.17. The summed E-state index contributed by atoms with van der Waals surface area (Å²) in [5.41, 5.74) is 2.67. The highest BCUT2D eigenvalue weighted by molar-refractivity contribution is 9.10. The molecule has 2 heterocycles. The first-order valence-electron chi connectivity index (χ1n) is 8.77. The Morgan fingerprint density at radius 3 is 2.71 bits per heavy atom. The van der Waals surface area contributed by atoms with Crippen molar-refractivity contribution in [2.24, 2.45) is 0 Å². The predicted molar refractivity (Wildman–Crippen MR) is 120 cm³/mol. The SMILES string of the molecule is CC(NCc1nc2scc(-c3ccccc3Cl)c2c(=O)[nH]1)c1ccccc1Br. The summed E-state index contributed by atoms with van der Waals surface area (Å²) in [6, 6.07) is 15.7. The molecule has 2 aromatic heterocycles. The first kappa shape index (κ1) is 19.3. The predicted octanol–water partition coefficient (Wildman–Crippen LogP) is 5.92. The van der Waals surface area contributed by atoms with Crippen LogP contribution in [-0.4, -0.2) is 9.97 Å². The van der Waals surface area contributed by atoms with Crippen LogP contribution in [0.2, 0.25) is 5.02 Å². The fourth-order valence-electron chi connectivity index (χ4n) is 3.14. The lowest BCUT2D eigenvalue weighted by Gasteiger charge is -2.15. The average Bonchev–Trinajstić information content (AvgIpc) is 3.11. The molecule has 1 unspecified atom stereocenters. The van der Waals surface area contributed by atoms with Gasteiger partial charge in [-0.2, -0.15) is 0 Å². The van der Waals surface area contributed by atoms with E-state index in [-0.39, 0.29) is 11.6 Å². The van der Waals surface area contributed by atoms with Crippen molar-refractivity contribution in [3.05, 3.63) is 85.1 Å². The molecule has 2 N–H and O–H groups in total. The van der Waals surface area contributed by atoms with Crippen LogP contribution in [0, 0.1) is 0 Å². The molecule has 0 amide bonds. The summed E-state index contributed by atoms with van der Waals surface area (Å²) in [6.07, 6.45) is 0. The van der Waals surface area contributed by atoms with Gasteiger partial charge in [-0.1, -0.05) is 63.9 Å². The third kappa shape index (κ3) is 3.78. The number of hydrogen-bond acceptors (Lipinski definition) is 4. The van der Waals surface area contributed by atoms with E-state index in [2.05, 4.69) is 44.2 Å². The van der Waals surface area contributed by atoms with Gasteiger partial charge < -0.3 is 10.3 Å². The molecule has 0 saturated heterocycles. The molecule has 0 radical (unpaired) electrons. The standard InChI is InChI=1S/C21H17BrClN3OS/c1-12(13-6-2-4-8-16(13)22)24-10-18-25-20(27)19-15(11-28-21(19)26-18)14-7-3-5-9-17(14)23/h2-9,11-12,24H,10H2,1H3,(H,25,26,27). The fourth-order valence-corrected chi connectivity index (χ4v) is 4.96. The van der Waals surface area contributed by atoms with E-state index < -0.39 is 0 Å². The number of nitrogens with one attached hydrogen (secondary N) is 2. The molecule has 142 valence electrons. The number of aromatic amines is 1. The largest absolute Gasteiger partial charge is 0.309 e. The summed E-state index contributed by atoms with van der Waals surface area (Å²) in [5, 5.41) is 6.56. The molecular weight excluding hydrogens is 458 g/mol. The molecule has 0 saturated carbocycles. The second-order valence-electron chi connectivity index (χ2n) is 6.45. The smallest absolute Gasteiger partial charge is 0.260 e. The van der Waals surface area contributed by atoms with Gasteiger partial charge in [0.25, 0.3) is 5.56 Å². The molecule has 2 aromatic carbocycles. The zero-order chi connectivity index (χ0) is 19.7.